The minimum absolute atomic E-state index is 0.0185. The van der Waals surface area contributed by atoms with Crippen LogP contribution >= 0.6 is 0 Å². The first-order valence-corrected chi connectivity index (χ1v) is 8.58. The molecule has 0 spiro atoms. The molecule has 1 N–H and O–H groups in total. The lowest BCUT2D eigenvalue weighted by molar-refractivity contribution is 0.0775. The molecule has 0 atom stereocenters. The molecule has 0 aliphatic heterocycles. The van der Waals surface area contributed by atoms with Gasteiger partial charge in [0.15, 0.2) is 0 Å². The Labute approximate surface area is 140 Å². The van der Waals surface area contributed by atoms with Crippen LogP contribution in [0.1, 0.15) is 21.7 Å². The van der Waals surface area contributed by atoms with E-state index in [1.165, 1.54) is 17.2 Å². The maximum Gasteiger partial charge on any atom is 0.254 e. The zero-order valence-corrected chi connectivity index (χ0v) is 14.1. The van der Waals surface area contributed by atoms with Crippen molar-refractivity contribution < 1.29 is 17.6 Å². The van der Waals surface area contributed by atoms with Crippen LogP contribution in [-0.2, 0) is 16.6 Å². The highest BCUT2D eigenvalue weighted by atomic mass is 32.2. The lowest BCUT2D eigenvalue weighted by Crippen LogP contribution is -2.28. The lowest BCUT2D eigenvalue weighted by atomic mass is 10.1. The highest BCUT2D eigenvalue weighted by Crippen LogP contribution is 2.18. The molecule has 0 aliphatic rings. The van der Waals surface area contributed by atoms with Gasteiger partial charge in [0.25, 0.3) is 5.91 Å². The smallest absolute Gasteiger partial charge is 0.254 e. The zero-order valence-electron chi connectivity index (χ0n) is 13.3. The van der Waals surface area contributed by atoms with Crippen LogP contribution in [0.15, 0.2) is 45.9 Å². The summed E-state index contributed by atoms with van der Waals surface area (Å²) in [5.74, 6) is 0.296. The van der Waals surface area contributed by atoms with Gasteiger partial charge in [0.05, 0.1) is 30.3 Å². The maximum atomic E-state index is 12.5. The summed E-state index contributed by atoms with van der Waals surface area (Å²) in [4.78, 5) is 13.9. The SMILES string of the molecule is Cc1ccc(C(=O)N(C)Cc2ccco2)cc1S(=O)(=O)NCC#N. The molecule has 0 bridgehead atoms. The number of aryl methyl sites for hydroxylation is 1. The fourth-order valence-electron chi connectivity index (χ4n) is 2.16. The van der Waals surface area contributed by atoms with Gasteiger partial charge < -0.3 is 9.32 Å². The second-order valence-corrected chi connectivity index (χ2v) is 6.94. The molecule has 0 fully saturated rings. The fourth-order valence-corrected chi connectivity index (χ4v) is 3.34. The van der Waals surface area contributed by atoms with Gasteiger partial charge >= 0.3 is 0 Å². The second kappa shape index (κ2) is 7.29. The van der Waals surface area contributed by atoms with Crippen LogP contribution in [0, 0.1) is 18.3 Å². The number of sulfonamides is 1. The molecule has 7 nitrogen and oxygen atoms in total. The van der Waals surface area contributed by atoms with Crippen molar-refractivity contribution in [2.75, 3.05) is 13.6 Å². The van der Waals surface area contributed by atoms with Crippen molar-refractivity contribution in [1.29, 1.82) is 5.26 Å². The number of rotatable bonds is 6. The number of nitrogens with one attached hydrogen (secondary N) is 1. The van der Waals surface area contributed by atoms with Crippen LogP contribution in [-0.4, -0.2) is 32.8 Å². The first kappa shape index (κ1) is 17.7. The highest BCUT2D eigenvalue weighted by molar-refractivity contribution is 7.89. The third-order valence-electron chi connectivity index (χ3n) is 3.39. The van der Waals surface area contributed by atoms with Gasteiger partial charge in [-0.05, 0) is 36.8 Å². The number of nitrogens with zero attached hydrogens (tertiary/aromatic N) is 2. The van der Waals surface area contributed by atoms with E-state index in [0.29, 0.717) is 11.3 Å². The largest absolute Gasteiger partial charge is 0.467 e. The van der Waals surface area contributed by atoms with E-state index in [1.54, 1.807) is 44.3 Å². The number of amides is 1. The van der Waals surface area contributed by atoms with E-state index >= 15 is 0 Å². The Kier molecular flexibility index (Phi) is 5.39. The number of benzene rings is 1. The van der Waals surface area contributed by atoms with Crippen molar-refractivity contribution in [1.82, 2.24) is 9.62 Å². The summed E-state index contributed by atoms with van der Waals surface area (Å²) in [6.45, 7) is 1.56. The minimum atomic E-state index is -3.85. The van der Waals surface area contributed by atoms with Crippen LogP contribution in [0.3, 0.4) is 0 Å². The van der Waals surface area contributed by atoms with Gasteiger partial charge in [-0.15, -0.1) is 0 Å². The number of nitriles is 1. The normalized spacial score (nSPS) is 11.0. The number of hydrogen-bond acceptors (Lipinski definition) is 5. The summed E-state index contributed by atoms with van der Waals surface area (Å²) in [6, 6.07) is 9.64. The Morgan fingerprint density at radius 1 is 1.38 bits per heavy atom. The Morgan fingerprint density at radius 2 is 2.12 bits per heavy atom. The monoisotopic (exact) mass is 347 g/mol. The number of furan rings is 1. The summed E-state index contributed by atoms with van der Waals surface area (Å²) >= 11 is 0. The summed E-state index contributed by atoms with van der Waals surface area (Å²) in [5, 5.41) is 8.54. The molecule has 0 unspecified atom stereocenters. The molecule has 2 rings (SSSR count). The van der Waals surface area contributed by atoms with E-state index in [0.717, 1.165) is 0 Å². The molecule has 126 valence electrons. The molecule has 0 saturated carbocycles. The maximum absolute atomic E-state index is 12.5. The van der Waals surface area contributed by atoms with Crippen LogP contribution in [0.2, 0.25) is 0 Å². The van der Waals surface area contributed by atoms with E-state index in [9.17, 15) is 13.2 Å². The van der Waals surface area contributed by atoms with Crippen molar-refractivity contribution in [3.63, 3.8) is 0 Å². The first-order chi connectivity index (χ1) is 11.3. The third kappa shape index (κ3) is 4.01. The van der Waals surface area contributed by atoms with Gasteiger partial charge in [-0.1, -0.05) is 6.07 Å². The van der Waals surface area contributed by atoms with Crippen molar-refractivity contribution in [2.45, 2.75) is 18.4 Å². The predicted octanol–water partition coefficient (Wildman–Crippen LogP) is 1.66. The Hall–Kier alpha value is -2.63. The molecule has 0 radical (unpaired) electrons. The molecule has 1 aromatic heterocycles. The van der Waals surface area contributed by atoms with Crippen molar-refractivity contribution >= 4 is 15.9 Å². The molecule has 24 heavy (non-hydrogen) atoms. The molecule has 8 heteroatoms. The topological polar surface area (TPSA) is 103 Å². The van der Waals surface area contributed by atoms with E-state index in [2.05, 4.69) is 4.72 Å². The van der Waals surface area contributed by atoms with Crippen LogP contribution in [0.4, 0.5) is 0 Å². The first-order valence-electron chi connectivity index (χ1n) is 7.10. The van der Waals surface area contributed by atoms with E-state index in [1.807, 2.05) is 0 Å². The van der Waals surface area contributed by atoms with E-state index in [-0.39, 0.29) is 29.5 Å². The number of hydrogen-bond donors (Lipinski definition) is 1. The van der Waals surface area contributed by atoms with Gasteiger partial charge in [0.1, 0.15) is 5.76 Å². The number of carbonyl (C=O) groups is 1. The average molecular weight is 347 g/mol. The van der Waals surface area contributed by atoms with Gasteiger partial charge in [0.2, 0.25) is 10.0 Å². The Balaban J connectivity index is 2.27. The molecule has 1 heterocycles. The van der Waals surface area contributed by atoms with E-state index < -0.39 is 10.0 Å². The summed E-state index contributed by atoms with van der Waals surface area (Å²) in [5.41, 5.74) is 0.734. The van der Waals surface area contributed by atoms with Gasteiger partial charge in [-0.3, -0.25) is 4.79 Å². The van der Waals surface area contributed by atoms with Crippen LogP contribution < -0.4 is 4.72 Å². The Morgan fingerprint density at radius 3 is 2.75 bits per heavy atom. The second-order valence-electron chi connectivity index (χ2n) is 5.20. The predicted molar refractivity (Wildman–Crippen MR) is 86.5 cm³/mol. The van der Waals surface area contributed by atoms with Crippen molar-refractivity contribution in [3.8, 4) is 6.07 Å². The minimum Gasteiger partial charge on any atom is -0.467 e. The zero-order chi connectivity index (χ0) is 17.7. The van der Waals surface area contributed by atoms with Crippen LogP contribution in [0.5, 0.6) is 0 Å². The molecule has 0 aliphatic carbocycles. The quantitative estimate of drug-likeness (QED) is 0.801. The van der Waals surface area contributed by atoms with Crippen molar-refractivity contribution in [2.24, 2.45) is 0 Å². The average Bonchev–Trinajstić information content (AvgIpc) is 3.05. The van der Waals surface area contributed by atoms with Gasteiger partial charge in [0, 0.05) is 12.6 Å². The summed E-state index contributed by atoms with van der Waals surface area (Å²) in [6.07, 6.45) is 1.52. The standard InChI is InChI=1S/C16H17N3O4S/c1-12-5-6-13(10-15(12)24(21,22)18-8-7-17)16(20)19(2)11-14-4-3-9-23-14/h3-6,9-10,18H,8,11H2,1-2H3. The van der Waals surface area contributed by atoms with Gasteiger partial charge in [-0.25, -0.2) is 8.42 Å². The Bertz CT molecular complexity index is 867. The van der Waals surface area contributed by atoms with Gasteiger partial charge in [-0.2, -0.15) is 9.98 Å². The molecule has 1 aromatic carbocycles. The van der Waals surface area contributed by atoms with Crippen LogP contribution in [0.25, 0.3) is 0 Å². The summed E-state index contributed by atoms with van der Waals surface area (Å²) in [7, 11) is -2.24. The van der Waals surface area contributed by atoms with Crippen molar-refractivity contribution in [3.05, 3.63) is 53.5 Å². The lowest BCUT2D eigenvalue weighted by Gasteiger charge is -2.17. The van der Waals surface area contributed by atoms with E-state index in [4.69, 9.17) is 9.68 Å². The highest BCUT2D eigenvalue weighted by Gasteiger charge is 2.20. The molecular weight excluding hydrogens is 330 g/mol. The molecule has 1 amide bonds. The third-order valence-corrected chi connectivity index (χ3v) is 4.93. The molecule has 2 aromatic rings. The molecule has 0 saturated heterocycles. The summed E-state index contributed by atoms with van der Waals surface area (Å²) < 4.78 is 31.8. The fraction of sp³-hybridized carbons (Fsp3) is 0.250. The molecular formula is C16H17N3O4S. The number of carbonyl (C=O) groups excluding carboxylic acids is 1.